The second-order valence-electron chi connectivity index (χ2n) is 4.87. The summed E-state index contributed by atoms with van der Waals surface area (Å²) in [5.74, 6) is 0.347. The van der Waals surface area contributed by atoms with Crippen molar-refractivity contribution in [2.45, 2.75) is 51.2 Å². The van der Waals surface area contributed by atoms with Crippen molar-refractivity contribution in [2.75, 3.05) is 0 Å². The molecule has 0 saturated carbocycles. The molecule has 1 aromatic rings. The number of Topliss-reactive ketones (excluding diaryl/α,β-unsaturated/α-hetero) is 1. The normalized spacial score (nSPS) is 25.6. The number of benzene rings is 1. The van der Waals surface area contributed by atoms with E-state index in [4.69, 9.17) is 4.74 Å². The van der Waals surface area contributed by atoms with E-state index in [-0.39, 0.29) is 12.2 Å². The number of aryl methyl sites for hydroxylation is 1. The van der Waals surface area contributed by atoms with E-state index in [2.05, 4.69) is 24.3 Å². The van der Waals surface area contributed by atoms with Crippen LogP contribution in [0.4, 0.5) is 0 Å². The van der Waals surface area contributed by atoms with Crippen LogP contribution in [0.3, 0.4) is 0 Å². The summed E-state index contributed by atoms with van der Waals surface area (Å²) < 4.78 is 5.88. The molecular formula is C15H20O2. The minimum Gasteiger partial charge on any atom is -0.375 e. The Morgan fingerprint density at radius 3 is 2.82 bits per heavy atom. The summed E-state index contributed by atoms with van der Waals surface area (Å²) in [4.78, 5) is 11.4. The fourth-order valence-corrected chi connectivity index (χ4v) is 2.37. The Bertz CT molecular complexity index is 358. The van der Waals surface area contributed by atoms with Crippen molar-refractivity contribution in [3.63, 3.8) is 0 Å². The molecule has 0 amide bonds. The van der Waals surface area contributed by atoms with Gasteiger partial charge < -0.3 is 4.74 Å². The number of hydrogen-bond acceptors (Lipinski definition) is 2. The van der Waals surface area contributed by atoms with Gasteiger partial charge in [0.1, 0.15) is 5.78 Å². The SMILES string of the molecule is C[C@H]1CC(=O)CC[C@@H](CCc2ccccc2)O1. The lowest BCUT2D eigenvalue weighted by molar-refractivity contribution is -0.120. The Labute approximate surface area is 103 Å². The van der Waals surface area contributed by atoms with Gasteiger partial charge in [0.05, 0.1) is 12.2 Å². The predicted octanol–water partition coefficient (Wildman–Crippen LogP) is 3.15. The molecule has 0 N–H and O–H groups in total. The van der Waals surface area contributed by atoms with Gasteiger partial charge in [-0.2, -0.15) is 0 Å². The zero-order valence-corrected chi connectivity index (χ0v) is 10.4. The molecule has 2 heteroatoms. The molecule has 1 saturated heterocycles. The molecule has 2 atom stereocenters. The van der Waals surface area contributed by atoms with Crippen molar-refractivity contribution in [3.8, 4) is 0 Å². The van der Waals surface area contributed by atoms with E-state index in [9.17, 15) is 4.79 Å². The van der Waals surface area contributed by atoms with Crippen molar-refractivity contribution in [1.82, 2.24) is 0 Å². The van der Waals surface area contributed by atoms with Gasteiger partial charge in [-0.3, -0.25) is 4.79 Å². The van der Waals surface area contributed by atoms with E-state index in [0.717, 1.165) is 19.3 Å². The van der Waals surface area contributed by atoms with E-state index < -0.39 is 0 Å². The maximum atomic E-state index is 11.4. The highest BCUT2D eigenvalue weighted by Gasteiger charge is 2.21. The third kappa shape index (κ3) is 3.97. The van der Waals surface area contributed by atoms with Gasteiger partial charge in [0.15, 0.2) is 0 Å². The van der Waals surface area contributed by atoms with Crippen molar-refractivity contribution >= 4 is 5.78 Å². The molecule has 0 spiro atoms. The Morgan fingerprint density at radius 2 is 2.06 bits per heavy atom. The van der Waals surface area contributed by atoms with Crippen LogP contribution in [0.15, 0.2) is 30.3 Å². The number of carbonyl (C=O) groups is 1. The topological polar surface area (TPSA) is 26.3 Å². The van der Waals surface area contributed by atoms with Crippen LogP contribution in [0, 0.1) is 0 Å². The quantitative estimate of drug-likeness (QED) is 0.800. The second-order valence-corrected chi connectivity index (χ2v) is 4.87. The van der Waals surface area contributed by atoms with Crippen molar-refractivity contribution < 1.29 is 9.53 Å². The largest absolute Gasteiger partial charge is 0.375 e. The molecule has 1 heterocycles. The lowest BCUT2D eigenvalue weighted by atomic mass is 10.0. The maximum absolute atomic E-state index is 11.4. The molecule has 1 aromatic carbocycles. The van der Waals surface area contributed by atoms with Crippen LogP contribution in [0.5, 0.6) is 0 Å². The van der Waals surface area contributed by atoms with Crippen LogP contribution < -0.4 is 0 Å². The van der Waals surface area contributed by atoms with Crippen molar-refractivity contribution in [2.24, 2.45) is 0 Å². The summed E-state index contributed by atoms with van der Waals surface area (Å²) in [6, 6.07) is 10.5. The Kier molecular flexibility index (Phi) is 4.32. The van der Waals surface area contributed by atoms with Gasteiger partial charge in [0.25, 0.3) is 0 Å². The van der Waals surface area contributed by atoms with Gasteiger partial charge in [0.2, 0.25) is 0 Å². The molecule has 0 aromatic heterocycles. The van der Waals surface area contributed by atoms with Gasteiger partial charge in [-0.05, 0) is 31.7 Å². The van der Waals surface area contributed by atoms with E-state index in [1.807, 2.05) is 13.0 Å². The molecular weight excluding hydrogens is 212 g/mol. The first kappa shape index (κ1) is 12.3. The molecule has 2 rings (SSSR count). The highest BCUT2D eigenvalue weighted by Crippen LogP contribution is 2.19. The predicted molar refractivity (Wildman–Crippen MR) is 68.0 cm³/mol. The molecule has 0 aliphatic carbocycles. The van der Waals surface area contributed by atoms with E-state index in [1.165, 1.54) is 5.56 Å². The Hall–Kier alpha value is -1.15. The third-order valence-electron chi connectivity index (χ3n) is 3.28. The number of hydrogen-bond donors (Lipinski definition) is 0. The zero-order valence-electron chi connectivity index (χ0n) is 10.4. The zero-order chi connectivity index (χ0) is 12.1. The summed E-state index contributed by atoms with van der Waals surface area (Å²) in [7, 11) is 0. The summed E-state index contributed by atoms with van der Waals surface area (Å²) in [5, 5.41) is 0. The Balaban J connectivity index is 1.84. The van der Waals surface area contributed by atoms with Crippen LogP contribution >= 0.6 is 0 Å². The fraction of sp³-hybridized carbons (Fsp3) is 0.533. The van der Waals surface area contributed by atoms with Crippen LogP contribution in [-0.2, 0) is 16.0 Å². The van der Waals surface area contributed by atoms with Gasteiger partial charge >= 0.3 is 0 Å². The van der Waals surface area contributed by atoms with E-state index in [0.29, 0.717) is 18.6 Å². The maximum Gasteiger partial charge on any atom is 0.135 e. The summed E-state index contributed by atoms with van der Waals surface area (Å²) >= 11 is 0. The van der Waals surface area contributed by atoms with E-state index in [1.54, 1.807) is 0 Å². The molecule has 1 aliphatic rings. The second kappa shape index (κ2) is 5.97. The first-order valence-corrected chi connectivity index (χ1v) is 6.45. The highest BCUT2D eigenvalue weighted by molar-refractivity contribution is 5.79. The molecule has 92 valence electrons. The molecule has 1 aliphatic heterocycles. The lowest BCUT2D eigenvalue weighted by Crippen LogP contribution is -2.18. The van der Waals surface area contributed by atoms with Gasteiger partial charge in [-0.15, -0.1) is 0 Å². The van der Waals surface area contributed by atoms with Gasteiger partial charge in [0, 0.05) is 12.8 Å². The van der Waals surface area contributed by atoms with Crippen LogP contribution in [0.25, 0.3) is 0 Å². The molecule has 1 fully saturated rings. The minimum atomic E-state index is 0.0887. The first-order valence-electron chi connectivity index (χ1n) is 6.45. The number of rotatable bonds is 3. The lowest BCUT2D eigenvalue weighted by Gasteiger charge is -2.18. The Morgan fingerprint density at radius 1 is 1.29 bits per heavy atom. The molecule has 17 heavy (non-hydrogen) atoms. The average Bonchev–Trinajstić information content (AvgIpc) is 2.49. The van der Waals surface area contributed by atoms with Crippen LogP contribution in [0.2, 0.25) is 0 Å². The summed E-state index contributed by atoms with van der Waals surface area (Å²) in [5.41, 5.74) is 1.35. The smallest absolute Gasteiger partial charge is 0.135 e. The molecule has 2 nitrogen and oxygen atoms in total. The molecule has 0 bridgehead atoms. The fourth-order valence-electron chi connectivity index (χ4n) is 2.37. The average molecular weight is 232 g/mol. The third-order valence-corrected chi connectivity index (χ3v) is 3.28. The van der Waals surface area contributed by atoms with Crippen LogP contribution in [0.1, 0.15) is 38.2 Å². The number of carbonyl (C=O) groups excluding carboxylic acids is 1. The summed E-state index contributed by atoms with van der Waals surface area (Å²) in [6.45, 7) is 2.00. The molecule has 0 radical (unpaired) electrons. The van der Waals surface area contributed by atoms with Crippen LogP contribution in [-0.4, -0.2) is 18.0 Å². The van der Waals surface area contributed by atoms with E-state index >= 15 is 0 Å². The van der Waals surface area contributed by atoms with Crippen molar-refractivity contribution in [3.05, 3.63) is 35.9 Å². The molecule has 0 unspecified atom stereocenters. The monoisotopic (exact) mass is 232 g/mol. The van der Waals surface area contributed by atoms with Gasteiger partial charge in [-0.1, -0.05) is 30.3 Å². The summed E-state index contributed by atoms with van der Waals surface area (Å²) in [6.07, 6.45) is 4.54. The highest BCUT2D eigenvalue weighted by atomic mass is 16.5. The number of ether oxygens (including phenoxy) is 1. The minimum absolute atomic E-state index is 0.0887. The van der Waals surface area contributed by atoms with Crippen molar-refractivity contribution in [1.29, 1.82) is 0 Å². The standard InChI is InChI=1S/C15H20O2/c1-12-11-14(16)8-10-15(17-12)9-7-13-5-3-2-4-6-13/h2-6,12,15H,7-11H2,1H3/t12-,15+/m0/s1. The first-order chi connectivity index (χ1) is 8.24. The number of ketones is 1. The van der Waals surface area contributed by atoms with Gasteiger partial charge in [-0.25, -0.2) is 0 Å².